The van der Waals surface area contributed by atoms with E-state index >= 15 is 0 Å². The van der Waals surface area contributed by atoms with Crippen LogP contribution < -0.4 is 14.4 Å². The second kappa shape index (κ2) is 10.5. The van der Waals surface area contributed by atoms with E-state index < -0.39 is 5.82 Å². The van der Waals surface area contributed by atoms with E-state index in [1.54, 1.807) is 18.2 Å². The van der Waals surface area contributed by atoms with Crippen LogP contribution in [-0.4, -0.2) is 16.8 Å². The maximum absolute atomic E-state index is 13.7. The first-order valence-electron chi connectivity index (χ1n) is 11.4. The average molecular weight is 516 g/mol. The highest BCUT2D eigenvalue weighted by Crippen LogP contribution is 2.37. The minimum Gasteiger partial charge on any atom is -0.490 e. The summed E-state index contributed by atoms with van der Waals surface area (Å²) in [4.78, 5) is 14.8. The van der Waals surface area contributed by atoms with Crippen molar-refractivity contribution in [3.05, 3.63) is 107 Å². The highest BCUT2D eigenvalue weighted by molar-refractivity contribution is 8.27. The zero-order chi connectivity index (χ0) is 25.1. The lowest BCUT2D eigenvalue weighted by molar-refractivity contribution is -0.113. The molecule has 1 fully saturated rings. The van der Waals surface area contributed by atoms with E-state index in [4.69, 9.17) is 21.7 Å². The predicted molar refractivity (Wildman–Crippen MR) is 148 cm³/mol. The van der Waals surface area contributed by atoms with Gasteiger partial charge in [0.15, 0.2) is 15.8 Å². The van der Waals surface area contributed by atoms with E-state index in [1.165, 1.54) is 28.8 Å². The van der Waals surface area contributed by atoms with Gasteiger partial charge >= 0.3 is 0 Å². The molecule has 0 atom stereocenters. The Bertz CT molecular complexity index is 1500. The van der Waals surface area contributed by atoms with Crippen molar-refractivity contribution < 1.29 is 18.7 Å². The van der Waals surface area contributed by atoms with Gasteiger partial charge in [0.2, 0.25) is 0 Å². The first kappa shape index (κ1) is 24.0. The molecule has 1 aliphatic rings. The smallest absolute Gasteiger partial charge is 0.270 e. The molecule has 1 amide bonds. The number of thioether (sulfide) groups is 1. The SMILES string of the molecule is CCOc1cc(/C=C2\SC(=S)N(c3cccc(F)c3)C2=O)ccc1OCc1cccc2ccccc12. The van der Waals surface area contributed by atoms with Crippen molar-refractivity contribution in [3.63, 3.8) is 0 Å². The molecule has 0 bridgehead atoms. The monoisotopic (exact) mass is 515 g/mol. The van der Waals surface area contributed by atoms with Gasteiger partial charge in [-0.15, -0.1) is 0 Å². The molecule has 7 heteroatoms. The number of anilines is 1. The molecular weight excluding hydrogens is 493 g/mol. The first-order chi connectivity index (χ1) is 17.5. The molecule has 0 aliphatic carbocycles. The van der Waals surface area contributed by atoms with Crippen LogP contribution in [0.5, 0.6) is 11.5 Å². The van der Waals surface area contributed by atoms with Crippen LogP contribution in [0.1, 0.15) is 18.1 Å². The van der Waals surface area contributed by atoms with E-state index in [0.717, 1.165) is 21.9 Å². The normalized spacial score (nSPS) is 14.6. The minimum absolute atomic E-state index is 0.287. The Labute approximate surface area is 218 Å². The molecule has 0 N–H and O–H groups in total. The zero-order valence-corrected chi connectivity index (χ0v) is 21.1. The second-order valence-electron chi connectivity index (χ2n) is 8.06. The van der Waals surface area contributed by atoms with Gasteiger partial charge in [0.1, 0.15) is 12.4 Å². The summed E-state index contributed by atoms with van der Waals surface area (Å²) in [6, 6.07) is 25.7. The number of benzene rings is 4. The Morgan fingerprint density at radius 3 is 2.58 bits per heavy atom. The number of fused-ring (bicyclic) bond motifs is 1. The fraction of sp³-hybridized carbons (Fsp3) is 0.103. The number of amides is 1. The highest BCUT2D eigenvalue weighted by Gasteiger charge is 2.33. The molecule has 1 saturated heterocycles. The van der Waals surface area contributed by atoms with Gasteiger partial charge in [0.25, 0.3) is 5.91 Å². The number of rotatable bonds is 7. The second-order valence-corrected chi connectivity index (χ2v) is 9.74. The largest absolute Gasteiger partial charge is 0.490 e. The number of ether oxygens (including phenoxy) is 2. The van der Waals surface area contributed by atoms with Crippen molar-refractivity contribution in [2.45, 2.75) is 13.5 Å². The van der Waals surface area contributed by atoms with Gasteiger partial charge < -0.3 is 9.47 Å². The number of hydrogen-bond acceptors (Lipinski definition) is 5. The summed E-state index contributed by atoms with van der Waals surface area (Å²) in [5.41, 5.74) is 2.27. The summed E-state index contributed by atoms with van der Waals surface area (Å²) in [7, 11) is 0. The van der Waals surface area contributed by atoms with Crippen LogP contribution in [-0.2, 0) is 11.4 Å². The first-order valence-corrected chi connectivity index (χ1v) is 12.7. The van der Waals surface area contributed by atoms with Crippen LogP contribution >= 0.6 is 24.0 Å². The Morgan fingerprint density at radius 2 is 1.75 bits per heavy atom. The van der Waals surface area contributed by atoms with Crippen LogP contribution in [0, 0.1) is 5.82 Å². The molecule has 0 saturated carbocycles. The van der Waals surface area contributed by atoms with Gasteiger partial charge in [0, 0.05) is 0 Å². The van der Waals surface area contributed by atoms with Gasteiger partial charge in [-0.05, 0) is 65.2 Å². The van der Waals surface area contributed by atoms with Crippen molar-refractivity contribution in [1.82, 2.24) is 0 Å². The molecule has 0 aromatic heterocycles. The summed E-state index contributed by atoms with van der Waals surface area (Å²) >= 11 is 6.58. The maximum Gasteiger partial charge on any atom is 0.270 e. The summed E-state index contributed by atoms with van der Waals surface area (Å²) in [5.74, 6) is 0.497. The van der Waals surface area contributed by atoms with Gasteiger partial charge in [-0.25, -0.2) is 4.39 Å². The molecule has 0 unspecified atom stereocenters. The van der Waals surface area contributed by atoms with E-state index in [9.17, 15) is 9.18 Å². The molecule has 180 valence electrons. The molecule has 4 aromatic rings. The number of hydrogen-bond donors (Lipinski definition) is 0. The summed E-state index contributed by atoms with van der Waals surface area (Å²) in [6.45, 7) is 2.77. The van der Waals surface area contributed by atoms with Gasteiger partial charge in [-0.1, -0.05) is 78.6 Å². The zero-order valence-electron chi connectivity index (χ0n) is 19.4. The molecule has 4 aromatic carbocycles. The van der Waals surface area contributed by atoms with Crippen LogP contribution in [0.4, 0.5) is 10.1 Å². The van der Waals surface area contributed by atoms with E-state index in [0.29, 0.717) is 39.6 Å². The third-order valence-electron chi connectivity index (χ3n) is 5.69. The summed E-state index contributed by atoms with van der Waals surface area (Å²) in [5, 5.41) is 2.31. The van der Waals surface area contributed by atoms with E-state index in [1.807, 2.05) is 43.3 Å². The maximum atomic E-state index is 13.7. The number of carbonyl (C=O) groups is 1. The Hall–Kier alpha value is -3.68. The fourth-order valence-corrected chi connectivity index (χ4v) is 5.33. The Morgan fingerprint density at radius 1 is 0.944 bits per heavy atom. The van der Waals surface area contributed by atoms with Crippen molar-refractivity contribution in [2.75, 3.05) is 11.5 Å². The topological polar surface area (TPSA) is 38.8 Å². The Kier molecular flexibility index (Phi) is 7.02. The van der Waals surface area contributed by atoms with E-state index in [2.05, 4.69) is 24.3 Å². The van der Waals surface area contributed by atoms with Gasteiger partial charge in [-0.2, -0.15) is 0 Å². The van der Waals surface area contributed by atoms with Crippen LogP contribution in [0.3, 0.4) is 0 Å². The lowest BCUT2D eigenvalue weighted by Crippen LogP contribution is -2.27. The number of carbonyl (C=O) groups excluding carboxylic acids is 1. The molecule has 0 spiro atoms. The van der Waals surface area contributed by atoms with Crippen LogP contribution in [0.2, 0.25) is 0 Å². The predicted octanol–water partition coefficient (Wildman–Crippen LogP) is 7.36. The van der Waals surface area contributed by atoms with Crippen molar-refractivity contribution in [1.29, 1.82) is 0 Å². The van der Waals surface area contributed by atoms with Crippen LogP contribution in [0.15, 0.2) is 89.8 Å². The molecule has 36 heavy (non-hydrogen) atoms. The highest BCUT2D eigenvalue weighted by atomic mass is 32.2. The fourth-order valence-electron chi connectivity index (χ4n) is 4.03. The van der Waals surface area contributed by atoms with E-state index in [-0.39, 0.29) is 5.91 Å². The van der Waals surface area contributed by atoms with Crippen molar-refractivity contribution in [3.8, 4) is 11.5 Å². The lowest BCUT2D eigenvalue weighted by atomic mass is 10.1. The van der Waals surface area contributed by atoms with Crippen LogP contribution in [0.25, 0.3) is 16.8 Å². The molecule has 1 aliphatic heterocycles. The summed E-state index contributed by atoms with van der Waals surface area (Å²) in [6.07, 6.45) is 1.76. The lowest BCUT2D eigenvalue weighted by Gasteiger charge is -2.14. The third kappa shape index (κ3) is 4.98. The standard InChI is InChI=1S/C29H22FNO3S2/c1-2-33-26-15-19(16-27-28(32)31(29(35)36-27)23-11-6-10-22(30)17-23)13-14-25(26)34-18-21-9-5-8-20-7-3-4-12-24(20)21/h3-17H,2,18H2,1H3/b27-16-. The summed E-state index contributed by atoms with van der Waals surface area (Å²) < 4.78 is 26.0. The minimum atomic E-state index is -0.425. The van der Waals surface area contributed by atoms with Gasteiger partial charge in [-0.3, -0.25) is 9.69 Å². The van der Waals surface area contributed by atoms with Gasteiger partial charge in [0.05, 0.1) is 17.2 Å². The Balaban J connectivity index is 1.38. The van der Waals surface area contributed by atoms with Crippen molar-refractivity contribution in [2.24, 2.45) is 0 Å². The average Bonchev–Trinajstić information content (AvgIpc) is 3.16. The molecule has 1 heterocycles. The molecular formula is C29H22FNO3S2. The number of halogens is 1. The van der Waals surface area contributed by atoms with Crippen molar-refractivity contribution >= 4 is 56.7 Å². The molecule has 0 radical (unpaired) electrons. The number of nitrogens with zero attached hydrogens (tertiary/aromatic N) is 1. The number of thiocarbonyl (C=S) groups is 1. The quantitative estimate of drug-likeness (QED) is 0.190. The molecule has 5 rings (SSSR count). The molecule has 4 nitrogen and oxygen atoms in total. The third-order valence-corrected chi connectivity index (χ3v) is 6.99.